The van der Waals surface area contributed by atoms with Gasteiger partial charge in [0.1, 0.15) is 0 Å². The minimum atomic E-state index is -5.86. The maximum Gasteiger partial charge on any atom is 0.426 e. The molecule has 2 aliphatic carbocycles. The van der Waals surface area contributed by atoms with Crippen molar-refractivity contribution >= 4 is 0 Å². The van der Waals surface area contributed by atoms with E-state index >= 15 is 0 Å². The Labute approximate surface area is 105 Å². The van der Waals surface area contributed by atoms with E-state index in [4.69, 9.17) is 5.11 Å². The largest absolute Gasteiger partial charge is 0.426 e. The fraction of sp³-hybridized carbons (Fsp3) is 1.00. The highest BCUT2D eigenvalue weighted by atomic mass is 19.4. The predicted molar refractivity (Wildman–Crippen MR) is 52.1 cm³/mol. The molecule has 2 aliphatic rings. The van der Waals surface area contributed by atoms with Gasteiger partial charge in [0.25, 0.3) is 5.60 Å². The lowest BCUT2D eigenvalue weighted by molar-refractivity contribution is -0.379. The van der Waals surface area contributed by atoms with E-state index in [0.717, 1.165) is 0 Å². The van der Waals surface area contributed by atoms with Gasteiger partial charge in [0.05, 0.1) is 5.60 Å². The molecule has 0 spiro atoms. The smallest absolute Gasteiger partial charge is 0.389 e. The Hall–Kier alpha value is -0.500. The van der Waals surface area contributed by atoms with Crippen LogP contribution in [0.5, 0.6) is 0 Å². The van der Waals surface area contributed by atoms with Crippen LogP contribution in [-0.2, 0) is 0 Å². The van der Waals surface area contributed by atoms with E-state index in [9.17, 15) is 31.4 Å². The van der Waals surface area contributed by atoms with E-state index in [-0.39, 0.29) is 12.3 Å². The molecular formula is C11H14F6O2. The molecule has 0 amide bonds. The molecule has 0 aromatic rings. The Morgan fingerprint density at radius 3 is 1.84 bits per heavy atom. The van der Waals surface area contributed by atoms with Crippen molar-refractivity contribution in [2.45, 2.75) is 55.7 Å². The Kier molecular flexibility index (Phi) is 3.14. The van der Waals surface area contributed by atoms with Crippen LogP contribution in [-0.4, -0.2) is 33.8 Å². The summed E-state index contributed by atoms with van der Waals surface area (Å²) in [7, 11) is 0. The Morgan fingerprint density at radius 2 is 1.53 bits per heavy atom. The summed E-state index contributed by atoms with van der Waals surface area (Å²) in [6.45, 7) is 0. The van der Waals surface area contributed by atoms with Crippen LogP contribution < -0.4 is 0 Å². The second-order valence-corrected chi connectivity index (χ2v) is 5.72. The number of hydrogen-bond donors (Lipinski definition) is 2. The number of rotatable bonds is 2. The summed E-state index contributed by atoms with van der Waals surface area (Å²) < 4.78 is 75.5. The first kappa shape index (κ1) is 14.9. The molecule has 2 nitrogen and oxygen atoms in total. The third-order valence-corrected chi connectivity index (χ3v) is 4.44. The molecule has 2 rings (SSSR count). The average molecular weight is 292 g/mol. The van der Waals surface area contributed by atoms with Crippen LogP contribution in [0.15, 0.2) is 0 Å². The second kappa shape index (κ2) is 4.00. The van der Waals surface area contributed by atoms with Crippen molar-refractivity contribution < 1.29 is 36.6 Å². The lowest BCUT2D eigenvalue weighted by Gasteiger charge is -2.41. The van der Waals surface area contributed by atoms with Crippen LogP contribution in [0.2, 0.25) is 0 Å². The summed E-state index contributed by atoms with van der Waals surface area (Å²) in [5, 5.41) is 19.2. The van der Waals surface area contributed by atoms with Crippen LogP contribution in [0.25, 0.3) is 0 Å². The first-order chi connectivity index (χ1) is 8.39. The standard InChI is InChI=1S/C11H14F6O2/c12-10(13,14)9(19,11(15,16)17)5-8(18)4-6-1-2-7(8)3-6/h6-7,18-19H,1-5H2. The van der Waals surface area contributed by atoms with Gasteiger partial charge in [0.2, 0.25) is 0 Å². The van der Waals surface area contributed by atoms with Gasteiger partial charge in [-0.1, -0.05) is 0 Å². The molecule has 2 fully saturated rings. The second-order valence-electron chi connectivity index (χ2n) is 5.72. The third kappa shape index (κ3) is 2.22. The molecule has 3 atom stereocenters. The van der Waals surface area contributed by atoms with Crippen LogP contribution in [0.1, 0.15) is 32.1 Å². The minimum Gasteiger partial charge on any atom is -0.389 e. The molecule has 8 heteroatoms. The zero-order valence-corrected chi connectivity index (χ0v) is 9.85. The van der Waals surface area contributed by atoms with Gasteiger partial charge >= 0.3 is 12.4 Å². The summed E-state index contributed by atoms with van der Waals surface area (Å²) >= 11 is 0. The molecular weight excluding hydrogens is 278 g/mol. The minimum absolute atomic E-state index is 0.0410. The Morgan fingerprint density at radius 1 is 1.00 bits per heavy atom. The molecule has 0 radical (unpaired) electrons. The highest BCUT2D eigenvalue weighted by molar-refractivity contribution is 5.08. The molecule has 0 aromatic heterocycles. The van der Waals surface area contributed by atoms with Crippen molar-refractivity contribution in [2.24, 2.45) is 11.8 Å². The Balaban J connectivity index is 2.28. The van der Waals surface area contributed by atoms with Gasteiger partial charge in [-0.05, 0) is 37.5 Å². The number of halogens is 6. The predicted octanol–water partition coefficient (Wildman–Crippen LogP) is 2.78. The summed E-state index contributed by atoms with van der Waals surface area (Å²) in [6, 6.07) is 0. The summed E-state index contributed by atoms with van der Waals surface area (Å²) in [5.74, 6) is -0.630. The summed E-state index contributed by atoms with van der Waals surface area (Å²) in [5.41, 5.74) is -6.93. The fourth-order valence-corrected chi connectivity index (χ4v) is 3.44. The quantitative estimate of drug-likeness (QED) is 0.768. The van der Waals surface area contributed by atoms with Gasteiger partial charge in [0, 0.05) is 6.42 Å². The molecule has 3 unspecified atom stereocenters. The van der Waals surface area contributed by atoms with Gasteiger partial charge in [-0.15, -0.1) is 0 Å². The molecule has 2 N–H and O–H groups in total. The van der Waals surface area contributed by atoms with E-state index in [2.05, 4.69) is 0 Å². The van der Waals surface area contributed by atoms with Gasteiger partial charge in [-0.3, -0.25) is 0 Å². The van der Waals surface area contributed by atoms with Crippen molar-refractivity contribution in [3.63, 3.8) is 0 Å². The van der Waals surface area contributed by atoms with Crippen molar-refractivity contribution in [3.05, 3.63) is 0 Å². The summed E-state index contributed by atoms with van der Waals surface area (Å²) in [4.78, 5) is 0. The lowest BCUT2D eigenvalue weighted by Crippen LogP contribution is -2.61. The summed E-state index contributed by atoms with van der Waals surface area (Å²) in [6.07, 6.45) is -12.0. The maximum absolute atomic E-state index is 12.6. The Bertz CT molecular complexity index is 349. The highest BCUT2D eigenvalue weighted by Crippen LogP contribution is 2.57. The van der Waals surface area contributed by atoms with Gasteiger partial charge in [-0.25, -0.2) is 0 Å². The van der Waals surface area contributed by atoms with E-state index in [1.165, 1.54) is 0 Å². The van der Waals surface area contributed by atoms with Crippen molar-refractivity contribution in [1.82, 2.24) is 0 Å². The first-order valence-electron chi connectivity index (χ1n) is 5.97. The zero-order valence-electron chi connectivity index (χ0n) is 9.85. The van der Waals surface area contributed by atoms with E-state index in [1.807, 2.05) is 0 Å². The van der Waals surface area contributed by atoms with Gasteiger partial charge < -0.3 is 10.2 Å². The molecule has 112 valence electrons. The highest BCUT2D eigenvalue weighted by Gasteiger charge is 2.73. The van der Waals surface area contributed by atoms with Gasteiger partial charge in [-0.2, -0.15) is 26.3 Å². The third-order valence-electron chi connectivity index (χ3n) is 4.44. The van der Waals surface area contributed by atoms with E-state index in [1.54, 1.807) is 0 Å². The molecule has 0 heterocycles. The zero-order chi connectivity index (χ0) is 14.7. The van der Waals surface area contributed by atoms with Crippen LogP contribution in [0, 0.1) is 11.8 Å². The molecule has 2 bridgehead atoms. The normalized spacial score (nSPS) is 36.0. The topological polar surface area (TPSA) is 40.5 Å². The fourth-order valence-electron chi connectivity index (χ4n) is 3.44. The maximum atomic E-state index is 12.6. The van der Waals surface area contributed by atoms with Gasteiger partial charge in [0.15, 0.2) is 0 Å². The first-order valence-corrected chi connectivity index (χ1v) is 5.97. The van der Waals surface area contributed by atoms with E-state index in [0.29, 0.717) is 19.3 Å². The molecule has 0 aliphatic heterocycles. The lowest BCUT2D eigenvalue weighted by atomic mass is 9.75. The van der Waals surface area contributed by atoms with Crippen LogP contribution in [0.4, 0.5) is 26.3 Å². The number of fused-ring (bicyclic) bond motifs is 2. The van der Waals surface area contributed by atoms with Crippen molar-refractivity contribution in [1.29, 1.82) is 0 Å². The monoisotopic (exact) mass is 292 g/mol. The van der Waals surface area contributed by atoms with Crippen LogP contribution in [0.3, 0.4) is 0 Å². The molecule has 0 aromatic carbocycles. The number of aliphatic hydroxyl groups is 2. The number of hydrogen-bond acceptors (Lipinski definition) is 2. The SMILES string of the molecule is OC1(CC(O)(C(F)(F)F)C(F)(F)F)CC2CCC1C2. The number of alkyl halides is 6. The van der Waals surface area contributed by atoms with Crippen LogP contribution >= 0.6 is 0 Å². The van der Waals surface area contributed by atoms with Crippen molar-refractivity contribution in [2.75, 3.05) is 0 Å². The molecule has 0 saturated heterocycles. The van der Waals surface area contributed by atoms with Crippen molar-refractivity contribution in [3.8, 4) is 0 Å². The molecule has 2 saturated carbocycles. The average Bonchev–Trinajstić information content (AvgIpc) is 2.72. The molecule has 19 heavy (non-hydrogen) atoms. The van der Waals surface area contributed by atoms with E-state index < -0.39 is 35.9 Å².